The van der Waals surface area contributed by atoms with Crippen LogP contribution in [0.3, 0.4) is 0 Å². The summed E-state index contributed by atoms with van der Waals surface area (Å²) >= 11 is 0. The zero-order valence-corrected chi connectivity index (χ0v) is 10.8. The van der Waals surface area contributed by atoms with Crippen LogP contribution in [0.5, 0.6) is 0 Å². The molecule has 19 heavy (non-hydrogen) atoms. The third-order valence-corrected chi connectivity index (χ3v) is 3.05. The molecule has 6 nitrogen and oxygen atoms in total. The van der Waals surface area contributed by atoms with Gasteiger partial charge in [-0.3, -0.25) is 9.48 Å². The van der Waals surface area contributed by atoms with Gasteiger partial charge in [0.1, 0.15) is 5.69 Å². The van der Waals surface area contributed by atoms with E-state index in [9.17, 15) is 9.59 Å². The van der Waals surface area contributed by atoms with Crippen molar-refractivity contribution in [1.82, 2.24) is 9.78 Å². The predicted octanol–water partition coefficient (Wildman–Crippen LogP) is 1.49. The Kier molecular flexibility index (Phi) is 3.95. The quantitative estimate of drug-likeness (QED) is 0.766. The Morgan fingerprint density at radius 3 is 3.00 bits per heavy atom. The van der Waals surface area contributed by atoms with E-state index in [0.29, 0.717) is 30.6 Å². The molecule has 0 aliphatic heterocycles. The summed E-state index contributed by atoms with van der Waals surface area (Å²) in [6.45, 7) is 2.32. The number of aromatic nitrogens is 2. The first-order chi connectivity index (χ1) is 9.19. The number of rotatable bonds is 4. The minimum Gasteiger partial charge on any atom is -0.461 e. The summed E-state index contributed by atoms with van der Waals surface area (Å²) in [6, 6.07) is 2.01. The van der Waals surface area contributed by atoms with E-state index in [0.717, 1.165) is 6.42 Å². The summed E-state index contributed by atoms with van der Waals surface area (Å²) in [7, 11) is 0. The number of carbonyl (C=O) groups is 2. The van der Waals surface area contributed by atoms with Gasteiger partial charge in [0.15, 0.2) is 11.5 Å². The fourth-order valence-electron chi connectivity index (χ4n) is 2.27. The third kappa shape index (κ3) is 2.50. The zero-order chi connectivity index (χ0) is 13.8. The average Bonchev–Trinajstić information content (AvgIpc) is 2.77. The van der Waals surface area contributed by atoms with Crippen molar-refractivity contribution >= 4 is 11.8 Å². The number of carbonyl (C=O) groups excluding carboxylic acids is 2. The zero-order valence-electron chi connectivity index (χ0n) is 10.8. The van der Waals surface area contributed by atoms with E-state index in [1.165, 1.54) is 4.68 Å². The minimum absolute atomic E-state index is 0.0118. The number of hydrogen-bond donors (Lipinski definition) is 0. The monoisotopic (exact) mass is 261 g/mol. The summed E-state index contributed by atoms with van der Waals surface area (Å²) < 4.78 is 6.43. The molecule has 0 atom stereocenters. The summed E-state index contributed by atoms with van der Waals surface area (Å²) in [6.07, 6.45) is 2.10. The van der Waals surface area contributed by atoms with Crippen molar-refractivity contribution in [2.24, 2.45) is 0 Å². The van der Waals surface area contributed by atoms with Crippen LogP contribution in [-0.4, -0.2) is 28.1 Å². The largest absolute Gasteiger partial charge is 0.461 e. The number of nitrogens with zero attached hydrogens (tertiary/aromatic N) is 3. The molecule has 1 aliphatic carbocycles. The number of nitriles is 1. The summed E-state index contributed by atoms with van der Waals surface area (Å²) in [4.78, 5) is 23.8. The Balaban J connectivity index is 2.43. The topological polar surface area (TPSA) is 85.0 Å². The molecule has 1 aromatic heterocycles. The van der Waals surface area contributed by atoms with Crippen molar-refractivity contribution in [3.8, 4) is 6.07 Å². The summed E-state index contributed by atoms with van der Waals surface area (Å²) in [5.74, 6) is -0.508. The van der Waals surface area contributed by atoms with Crippen LogP contribution < -0.4 is 0 Å². The van der Waals surface area contributed by atoms with Gasteiger partial charge in [-0.25, -0.2) is 4.79 Å². The van der Waals surface area contributed by atoms with Gasteiger partial charge in [0, 0.05) is 12.0 Å². The molecule has 2 rings (SSSR count). The molecule has 0 bridgehead atoms. The van der Waals surface area contributed by atoms with Crippen molar-refractivity contribution < 1.29 is 14.3 Å². The van der Waals surface area contributed by atoms with Gasteiger partial charge in [-0.1, -0.05) is 0 Å². The van der Waals surface area contributed by atoms with Gasteiger partial charge >= 0.3 is 5.97 Å². The second-order valence-corrected chi connectivity index (χ2v) is 4.30. The molecule has 0 N–H and O–H groups in total. The van der Waals surface area contributed by atoms with E-state index in [1.807, 2.05) is 6.07 Å². The maximum absolute atomic E-state index is 12.0. The van der Waals surface area contributed by atoms with Crippen molar-refractivity contribution in [2.75, 3.05) is 6.61 Å². The number of hydrogen-bond acceptors (Lipinski definition) is 5. The van der Waals surface area contributed by atoms with E-state index in [4.69, 9.17) is 10.00 Å². The predicted molar refractivity (Wildman–Crippen MR) is 65.7 cm³/mol. The molecule has 0 radical (unpaired) electrons. The lowest BCUT2D eigenvalue weighted by Gasteiger charge is -2.12. The fraction of sp³-hybridized carbons (Fsp3) is 0.538. The van der Waals surface area contributed by atoms with Crippen LogP contribution in [0.1, 0.15) is 52.7 Å². The minimum atomic E-state index is -0.496. The Labute approximate surface area is 111 Å². The van der Waals surface area contributed by atoms with Crippen LogP contribution in [0.15, 0.2) is 0 Å². The molecular weight excluding hydrogens is 246 g/mol. The van der Waals surface area contributed by atoms with E-state index < -0.39 is 5.97 Å². The highest BCUT2D eigenvalue weighted by atomic mass is 16.5. The van der Waals surface area contributed by atoms with Crippen molar-refractivity contribution in [2.45, 2.75) is 39.2 Å². The molecular formula is C13H15N3O3. The molecule has 100 valence electrons. The Morgan fingerprint density at radius 1 is 1.53 bits per heavy atom. The van der Waals surface area contributed by atoms with Gasteiger partial charge in [-0.15, -0.1) is 0 Å². The molecule has 1 aliphatic rings. The number of Topliss-reactive ketones (excluding diaryl/α,β-unsaturated/α-hetero) is 1. The lowest BCUT2D eigenvalue weighted by Crippen LogP contribution is -2.16. The van der Waals surface area contributed by atoms with Crippen LogP contribution >= 0.6 is 0 Å². The van der Waals surface area contributed by atoms with Gasteiger partial charge in [-0.2, -0.15) is 10.4 Å². The highest BCUT2D eigenvalue weighted by Gasteiger charge is 2.30. The maximum Gasteiger partial charge on any atom is 0.359 e. The number of ether oxygens (including phenoxy) is 1. The molecule has 1 heterocycles. The van der Waals surface area contributed by atoms with Crippen molar-refractivity contribution in [1.29, 1.82) is 5.26 Å². The fourth-order valence-corrected chi connectivity index (χ4v) is 2.27. The van der Waals surface area contributed by atoms with Crippen LogP contribution in [0.25, 0.3) is 0 Å². The molecule has 1 aromatic rings. The SMILES string of the molecule is CCOC(=O)c1nn(CCC#N)c2c1CCCC2=O. The average molecular weight is 261 g/mol. The van der Waals surface area contributed by atoms with E-state index in [-0.39, 0.29) is 24.5 Å². The second kappa shape index (κ2) is 5.65. The van der Waals surface area contributed by atoms with Crippen LogP contribution in [0.4, 0.5) is 0 Å². The molecule has 0 unspecified atom stereocenters. The second-order valence-electron chi connectivity index (χ2n) is 4.30. The highest BCUT2D eigenvalue weighted by Crippen LogP contribution is 2.25. The standard InChI is InChI=1S/C13H15N3O3/c1-2-19-13(18)11-9-5-3-6-10(17)12(9)16(15-11)8-4-7-14/h2-6,8H2,1H3. The third-order valence-electron chi connectivity index (χ3n) is 3.05. The van der Waals surface area contributed by atoms with Gasteiger partial charge in [-0.05, 0) is 19.8 Å². The van der Waals surface area contributed by atoms with Gasteiger partial charge < -0.3 is 4.74 Å². The number of ketones is 1. The number of fused-ring (bicyclic) bond motifs is 1. The Bertz CT molecular complexity index is 554. The smallest absolute Gasteiger partial charge is 0.359 e. The first kappa shape index (κ1) is 13.3. The van der Waals surface area contributed by atoms with Crippen LogP contribution in [0, 0.1) is 11.3 Å². The van der Waals surface area contributed by atoms with E-state index in [1.54, 1.807) is 6.92 Å². The summed E-state index contributed by atoms with van der Waals surface area (Å²) in [5.41, 5.74) is 1.38. The molecule has 0 spiro atoms. The lowest BCUT2D eigenvalue weighted by atomic mass is 9.94. The normalized spacial score (nSPS) is 13.8. The van der Waals surface area contributed by atoms with Crippen LogP contribution in [-0.2, 0) is 17.7 Å². The number of aryl methyl sites for hydroxylation is 1. The highest BCUT2D eigenvalue weighted by molar-refractivity contribution is 6.00. The molecule has 6 heteroatoms. The molecule has 0 aromatic carbocycles. The van der Waals surface area contributed by atoms with Crippen LogP contribution in [0.2, 0.25) is 0 Å². The Hall–Kier alpha value is -2.16. The molecule has 0 saturated carbocycles. The molecule has 0 amide bonds. The van der Waals surface area contributed by atoms with E-state index >= 15 is 0 Å². The van der Waals surface area contributed by atoms with Crippen molar-refractivity contribution in [3.63, 3.8) is 0 Å². The lowest BCUT2D eigenvalue weighted by molar-refractivity contribution is 0.0517. The van der Waals surface area contributed by atoms with Gasteiger partial charge in [0.2, 0.25) is 0 Å². The maximum atomic E-state index is 12.0. The molecule has 0 saturated heterocycles. The van der Waals surface area contributed by atoms with Gasteiger partial charge in [0.05, 0.1) is 25.6 Å². The first-order valence-corrected chi connectivity index (χ1v) is 6.36. The summed E-state index contributed by atoms with van der Waals surface area (Å²) in [5, 5.41) is 12.8. The van der Waals surface area contributed by atoms with Gasteiger partial charge in [0.25, 0.3) is 0 Å². The number of esters is 1. The molecule has 0 fully saturated rings. The van der Waals surface area contributed by atoms with E-state index in [2.05, 4.69) is 5.10 Å². The van der Waals surface area contributed by atoms with Crippen molar-refractivity contribution in [3.05, 3.63) is 17.0 Å². The Morgan fingerprint density at radius 2 is 2.32 bits per heavy atom. The first-order valence-electron chi connectivity index (χ1n) is 6.36.